The molecule has 0 radical (unpaired) electrons. The number of carbonyl (C=O) groups is 2. The average molecular weight is 499 g/mol. The van der Waals surface area contributed by atoms with Gasteiger partial charge in [0.2, 0.25) is 0 Å². The van der Waals surface area contributed by atoms with Gasteiger partial charge in [-0.2, -0.15) is 0 Å². The van der Waals surface area contributed by atoms with Crippen molar-refractivity contribution in [3.8, 4) is 0 Å². The van der Waals surface area contributed by atoms with Gasteiger partial charge in [0.15, 0.2) is 6.10 Å². The summed E-state index contributed by atoms with van der Waals surface area (Å²) in [5.41, 5.74) is 0. The van der Waals surface area contributed by atoms with Crippen LogP contribution in [0.3, 0.4) is 0 Å². The highest BCUT2D eigenvalue weighted by Gasteiger charge is 2.16. The van der Waals surface area contributed by atoms with Gasteiger partial charge in [0.25, 0.3) is 0 Å². The Kier molecular flexibility index (Phi) is 26.6. The molecule has 0 aliphatic carbocycles. The van der Waals surface area contributed by atoms with Gasteiger partial charge in [-0.1, -0.05) is 136 Å². The van der Waals surface area contributed by atoms with E-state index in [1.165, 1.54) is 96.3 Å². The number of hydrogen-bond donors (Lipinski definition) is 1. The second-order valence-electron chi connectivity index (χ2n) is 10.2. The Hall–Kier alpha value is -1.10. The van der Waals surface area contributed by atoms with E-state index >= 15 is 0 Å². The van der Waals surface area contributed by atoms with E-state index in [2.05, 4.69) is 13.8 Å². The van der Waals surface area contributed by atoms with Crippen LogP contribution in [0.4, 0.5) is 0 Å². The van der Waals surface area contributed by atoms with Crippen molar-refractivity contribution in [2.24, 2.45) is 0 Å². The van der Waals surface area contributed by atoms with E-state index in [9.17, 15) is 14.7 Å². The van der Waals surface area contributed by atoms with Gasteiger partial charge in [0.1, 0.15) is 6.61 Å². The highest BCUT2D eigenvalue weighted by atomic mass is 16.6. The van der Waals surface area contributed by atoms with E-state index in [-0.39, 0.29) is 25.2 Å². The van der Waals surface area contributed by atoms with Crippen LogP contribution in [0.2, 0.25) is 0 Å². The third-order valence-corrected chi connectivity index (χ3v) is 6.65. The van der Waals surface area contributed by atoms with Crippen molar-refractivity contribution in [2.45, 2.75) is 168 Å². The van der Waals surface area contributed by atoms with Crippen LogP contribution in [-0.4, -0.2) is 36.4 Å². The molecule has 0 saturated carbocycles. The van der Waals surface area contributed by atoms with Crippen molar-refractivity contribution in [1.29, 1.82) is 0 Å². The molecule has 0 aliphatic heterocycles. The highest BCUT2D eigenvalue weighted by Crippen LogP contribution is 2.14. The average Bonchev–Trinajstić information content (AvgIpc) is 2.86. The summed E-state index contributed by atoms with van der Waals surface area (Å²) < 4.78 is 10.5. The molecule has 0 saturated heterocycles. The molecule has 0 bridgehead atoms. The molecule has 0 amide bonds. The Morgan fingerprint density at radius 3 is 1.26 bits per heavy atom. The first-order chi connectivity index (χ1) is 17.1. The number of aliphatic hydroxyl groups excluding tert-OH is 1. The first kappa shape index (κ1) is 33.9. The summed E-state index contributed by atoms with van der Waals surface area (Å²) in [7, 11) is 0. The summed E-state index contributed by atoms with van der Waals surface area (Å²) in [5, 5.41) is 9.43. The normalized spacial score (nSPS) is 12.0. The SMILES string of the molecule is CCCCCCCCCCCCCCCCC(=O)OC(CO)COC(=O)CCCCCCCCC. The first-order valence-electron chi connectivity index (χ1n) is 15.1. The maximum Gasteiger partial charge on any atom is 0.306 e. The fourth-order valence-electron chi connectivity index (χ4n) is 4.32. The summed E-state index contributed by atoms with van der Waals surface area (Å²) in [5.74, 6) is -0.592. The summed E-state index contributed by atoms with van der Waals surface area (Å²) >= 11 is 0. The van der Waals surface area contributed by atoms with Gasteiger partial charge in [-0.3, -0.25) is 9.59 Å². The van der Waals surface area contributed by atoms with Crippen molar-refractivity contribution in [3.05, 3.63) is 0 Å². The maximum absolute atomic E-state index is 12.0. The third kappa shape index (κ3) is 25.8. The molecule has 0 heterocycles. The van der Waals surface area contributed by atoms with Gasteiger partial charge in [0, 0.05) is 12.8 Å². The summed E-state index contributed by atoms with van der Waals surface area (Å²) in [6.45, 7) is 4.08. The van der Waals surface area contributed by atoms with Crippen LogP contribution in [0.15, 0.2) is 0 Å². The molecule has 0 aromatic carbocycles. The van der Waals surface area contributed by atoms with Crippen LogP contribution < -0.4 is 0 Å². The predicted octanol–water partition coefficient (Wildman–Crippen LogP) is 8.45. The molecule has 0 rings (SSSR count). The number of unbranched alkanes of at least 4 members (excludes halogenated alkanes) is 19. The lowest BCUT2D eigenvalue weighted by molar-refractivity contribution is -0.161. The van der Waals surface area contributed by atoms with Gasteiger partial charge in [-0.15, -0.1) is 0 Å². The topological polar surface area (TPSA) is 72.8 Å². The number of esters is 2. The molecule has 0 aromatic heterocycles. The maximum atomic E-state index is 12.0. The molecule has 0 spiro atoms. The summed E-state index contributed by atoms with van der Waals surface area (Å²) in [4.78, 5) is 23.9. The van der Waals surface area contributed by atoms with Gasteiger partial charge in [-0.25, -0.2) is 0 Å². The number of carbonyl (C=O) groups excluding carboxylic acids is 2. The predicted molar refractivity (Wildman–Crippen MR) is 145 cm³/mol. The van der Waals surface area contributed by atoms with Gasteiger partial charge in [0.05, 0.1) is 6.61 Å². The molecular formula is C30H58O5. The third-order valence-electron chi connectivity index (χ3n) is 6.65. The lowest BCUT2D eigenvalue weighted by atomic mass is 10.0. The second kappa shape index (κ2) is 27.5. The Labute approximate surface area is 217 Å². The quantitative estimate of drug-likeness (QED) is 0.0908. The van der Waals surface area contributed by atoms with E-state index in [1.54, 1.807) is 0 Å². The van der Waals surface area contributed by atoms with Gasteiger partial charge >= 0.3 is 11.9 Å². The number of hydrogen-bond acceptors (Lipinski definition) is 5. The summed E-state index contributed by atoms with van der Waals surface area (Å²) in [6, 6.07) is 0. The Morgan fingerprint density at radius 2 is 0.886 bits per heavy atom. The zero-order valence-electron chi connectivity index (χ0n) is 23.3. The Bertz CT molecular complexity index is 466. The van der Waals surface area contributed by atoms with Crippen LogP contribution in [0.1, 0.15) is 162 Å². The van der Waals surface area contributed by atoms with Crippen LogP contribution >= 0.6 is 0 Å². The molecule has 0 aliphatic rings. The molecule has 0 fully saturated rings. The molecule has 1 N–H and O–H groups in total. The fraction of sp³-hybridized carbons (Fsp3) is 0.933. The molecule has 0 aromatic rings. The molecule has 1 atom stereocenters. The van der Waals surface area contributed by atoms with Crippen molar-refractivity contribution in [1.82, 2.24) is 0 Å². The molecule has 5 nitrogen and oxygen atoms in total. The minimum absolute atomic E-state index is 0.0592. The Morgan fingerprint density at radius 1 is 0.543 bits per heavy atom. The van der Waals surface area contributed by atoms with E-state index in [0.717, 1.165) is 38.5 Å². The minimum atomic E-state index is -0.757. The van der Waals surface area contributed by atoms with E-state index in [0.29, 0.717) is 12.8 Å². The number of aliphatic hydroxyl groups is 1. The fourth-order valence-corrected chi connectivity index (χ4v) is 4.32. The number of rotatable bonds is 27. The minimum Gasteiger partial charge on any atom is -0.462 e. The highest BCUT2D eigenvalue weighted by molar-refractivity contribution is 5.70. The lowest BCUT2D eigenvalue weighted by Crippen LogP contribution is -2.28. The smallest absolute Gasteiger partial charge is 0.306 e. The van der Waals surface area contributed by atoms with Crippen LogP contribution in [0.5, 0.6) is 0 Å². The van der Waals surface area contributed by atoms with Crippen LogP contribution in [0, 0.1) is 0 Å². The van der Waals surface area contributed by atoms with E-state index in [4.69, 9.17) is 9.47 Å². The summed E-state index contributed by atoms with van der Waals surface area (Å²) in [6.07, 6.45) is 25.9. The number of ether oxygens (including phenoxy) is 2. The molecule has 208 valence electrons. The molecule has 35 heavy (non-hydrogen) atoms. The zero-order chi connectivity index (χ0) is 25.8. The van der Waals surface area contributed by atoms with Crippen LogP contribution in [-0.2, 0) is 19.1 Å². The van der Waals surface area contributed by atoms with Gasteiger partial charge < -0.3 is 14.6 Å². The van der Waals surface area contributed by atoms with Crippen molar-refractivity contribution in [3.63, 3.8) is 0 Å². The molecular weight excluding hydrogens is 440 g/mol. The van der Waals surface area contributed by atoms with Crippen molar-refractivity contribution in [2.75, 3.05) is 13.2 Å². The zero-order valence-corrected chi connectivity index (χ0v) is 23.3. The standard InChI is InChI=1S/C30H58O5/c1-3-5-7-9-11-12-13-14-15-16-17-19-21-23-25-30(33)35-28(26-31)27-34-29(32)24-22-20-18-10-8-6-4-2/h28,31H,3-27H2,1-2H3. The van der Waals surface area contributed by atoms with Crippen LogP contribution in [0.25, 0.3) is 0 Å². The van der Waals surface area contributed by atoms with Gasteiger partial charge in [-0.05, 0) is 12.8 Å². The first-order valence-corrected chi connectivity index (χ1v) is 15.1. The molecule has 1 unspecified atom stereocenters. The van der Waals surface area contributed by atoms with Crippen molar-refractivity contribution >= 4 is 11.9 Å². The Balaban J connectivity index is 3.54. The second-order valence-corrected chi connectivity index (χ2v) is 10.2. The lowest BCUT2D eigenvalue weighted by Gasteiger charge is -2.15. The van der Waals surface area contributed by atoms with E-state index < -0.39 is 6.10 Å². The van der Waals surface area contributed by atoms with Crippen molar-refractivity contribution < 1.29 is 24.2 Å². The van der Waals surface area contributed by atoms with E-state index in [1.807, 2.05) is 0 Å². The monoisotopic (exact) mass is 498 g/mol. The largest absolute Gasteiger partial charge is 0.462 e. The molecule has 5 heteroatoms.